The minimum Gasteiger partial charge on any atom is -0.381 e. The molecule has 3 heteroatoms. The van der Waals surface area contributed by atoms with Crippen LogP contribution in [0.4, 0.5) is 0 Å². The summed E-state index contributed by atoms with van der Waals surface area (Å²) in [5.41, 5.74) is 0. The van der Waals surface area contributed by atoms with Gasteiger partial charge in [-0.25, -0.2) is 0 Å². The fraction of sp³-hybridized carbons (Fsp3) is 1.00. The molecule has 2 unspecified atom stereocenters. The Balaban J connectivity index is 2.24. The van der Waals surface area contributed by atoms with Gasteiger partial charge in [0, 0.05) is 31.8 Å². The van der Waals surface area contributed by atoms with E-state index in [1.807, 2.05) is 7.05 Å². The number of hydrogen-bond donors (Lipinski definition) is 1. The van der Waals surface area contributed by atoms with Crippen LogP contribution >= 0.6 is 0 Å². The van der Waals surface area contributed by atoms with Gasteiger partial charge in [-0.1, -0.05) is 0 Å². The lowest BCUT2D eigenvalue weighted by molar-refractivity contribution is 0.0503. The lowest BCUT2D eigenvalue weighted by atomic mass is 9.98. The second kappa shape index (κ2) is 7.25. The molecule has 16 heavy (non-hydrogen) atoms. The minimum absolute atomic E-state index is 0.604. The highest BCUT2D eigenvalue weighted by molar-refractivity contribution is 4.73. The van der Waals surface area contributed by atoms with Crippen molar-refractivity contribution in [2.75, 3.05) is 33.9 Å². The summed E-state index contributed by atoms with van der Waals surface area (Å²) in [5, 5.41) is 3.31. The molecule has 0 aromatic rings. The van der Waals surface area contributed by atoms with Crippen molar-refractivity contribution < 1.29 is 4.74 Å². The van der Waals surface area contributed by atoms with Gasteiger partial charge >= 0.3 is 0 Å². The number of ether oxygens (including phenoxy) is 1. The lowest BCUT2D eigenvalue weighted by Crippen LogP contribution is -2.39. The highest BCUT2D eigenvalue weighted by atomic mass is 16.5. The summed E-state index contributed by atoms with van der Waals surface area (Å²) in [6.45, 7) is 7.71. The van der Waals surface area contributed by atoms with Crippen molar-refractivity contribution in [3.63, 3.8) is 0 Å². The molecule has 1 saturated heterocycles. The van der Waals surface area contributed by atoms with E-state index in [2.05, 4.69) is 31.1 Å². The predicted octanol–water partition coefficient (Wildman–Crippen LogP) is 1.73. The molecule has 1 heterocycles. The molecule has 0 aromatic heterocycles. The Labute approximate surface area is 101 Å². The molecule has 1 fully saturated rings. The predicted molar refractivity (Wildman–Crippen MR) is 68.8 cm³/mol. The molecular formula is C13H28N2O. The molecule has 0 bridgehead atoms. The van der Waals surface area contributed by atoms with E-state index in [0.29, 0.717) is 12.1 Å². The Morgan fingerprint density at radius 1 is 1.31 bits per heavy atom. The summed E-state index contributed by atoms with van der Waals surface area (Å²) in [4.78, 5) is 2.50. The average Bonchev–Trinajstić information content (AvgIpc) is 2.30. The third kappa shape index (κ3) is 4.81. The first-order valence-electron chi connectivity index (χ1n) is 6.58. The maximum absolute atomic E-state index is 5.40. The standard InChI is InChI=1S/C13H28N2O/c1-11(14-3)9-12(2)15(4)10-13-5-7-16-8-6-13/h11-14H,5-10H2,1-4H3. The van der Waals surface area contributed by atoms with Crippen LogP contribution in [0.5, 0.6) is 0 Å². The van der Waals surface area contributed by atoms with E-state index in [1.165, 1.54) is 25.8 Å². The highest BCUT2D eigenvalue weighted by Crippen LogP contribution is 2.17. The molecule has 0 aromatic carbocycles. The van der Waals surface area contributed by atoms with Crippen molar-refractivity contribution in [1.82, 2.24) is 10.2 Å². The zero-order valence-corrected chi connectivity index (χ0v) is 11.3. The molecule has 96 valence electrons. The van der Waals surface area contributed by atoms with Crippen LogP contribution in [0.1, 0.15) is 33.1 Å². The fourth-order valence-corrected chi connectivity index (χ4v) is 2.33. The fourth-order valence-electron chi connectivity index (χ4n) is 2.33. The van der Waals surface area contributed by atoms with E-state index in [-0.39, 0.29) is 0 Å². The van der Waals surface area contributed by atoms with Crippen LogP contribution in [0, 0.1) is 5.92 Å². The zero-order chi connectivity index (χ0) is 12.0. The maximum Gasteiger partial charge on any atom is 0.0469 e. The first kappa shape index (κ1) is 13.9. The molecule has 1 aliphatic heterocycles. The number of nitrogens with zero attached hydrogens (tertiary/aromatic N) is 1. The molecule has 0 aliphatic carbocycles. The van der Waals surface area contributed by atoms with Gasteiger partial charge in [0.05, 0.1) is 0 Å². The SMILES string of the molecule is CNC(C)CC(C)N(C)CC1CCOCC1. The Morgan fingerprint density at radius 2 is 1.94 bits per heavy atom. The summed E-state index contributed by atoms with van der Waals surface area (Å²) in [6, 6.07) is 1.26. The normalized spacial score (nSPS) is 22.3. The molecule has 0 saturated carbocycles. The van der Waals surface area contributed by atoms with Crippen molar-refractivity contribution >= 4 is 0 Å². The van der Waals surface area contributed by atoms with Gasteiger partial charge in [-0.2, -0.15) is 0 Å². The van der Waals surface area contributed by atoms with Crippen LogP contribution in [0.2, 0.25) is 0 Å². The zero-order valence-electron chi connectivity index (χ0n) is 11.3. The number of hydrogen-bond acceptors (Lipinski definition) is 3. The van der Waals surface area contributed by atoms with Crippen molar-refractivity contribution in [1.29, 1.82) is 0 Å². The molecule has 1 rings (SSSR count). The first-order valence-corrected chi connectivity index (χ1v) is 6.58. The van der Waals surface area contributed by atoms with Gasteiger partial charge in [0.15, 0.2) is 0 Å². The van der Waals surface area contributed by atoms with Crippen LogP contribution in [0.3, 0.4) is 0 Å². The van der Waals surface area contributed by atoms with Crippen LogP contribution in [0.15, 0.2) is 0 Å². The molecule has 2 atom stereocenters. The summed E-state index contributed by atoms with van der Waals surface area (Å²) >= 11 is 0. The monoisotopic (exact) mass is 228 g/mol. The Morgan fingerprint density at radius 3 is 2.50 bits per heavy atom. The molecule has 1 N–H and O–H groups in total. The van der Waals surface area contributed by atoms with Gasteiger partial charge in [-0.3, -0.25) is 0 Å². The first-order chi connectivity index (χ1) is 7.63. The highest BCUT2D eigenvalue weighted by Gasteiger charge is 2.19. The van der Waals surface area contributed by atoms with Gasteiger partial charge in [0.1, 0.15) is 0 Å². The average molecular weight is 228 g/mol. The van der Waals surface area contributed by atoms with E-state index in [0.717, 1.165) is 19.1 Å². The molecule has 1 aliphatic rings. The van der Waals surface area contributed by atoms with Gasteiger partial charge in [-0.05, 0) is 53.1 Å². The Kier molecular flexibility index (Phi) is 6.32. The molecule has 0 radical (unpaired) electrons. The minimum atomic E-state index is 0.604. The van der Waals surface area contributed by atoms with E-state index >= 15 is 0 Å². The van der Waals surface area contributed by atoms with Crippen LogP contribution in [0.25, 0.3) is 0 Å². The van der Waals surface area contributed by atoms with Crippen molar-refractivity contribution in [3.05, 3.63) is 0 Å². The molecule has 0 spiro atoms. The van der Waals surface area contributed by atoms with Crippen molar-refractivity contribution in [3.8, 4) is 0 Å². The van der Waals surface area contributed by atoms with Crippen molar-refractivity contribution in [2.45, 2.75) is 45.2 Å². The maximum atomic E-state index is 5.40. The van der Waals surface area contributed by atoms with Crippen LogP contribution < -0.4 is 5.32 Å². The van der Waals surface area contributed by atoms with Crippen molar-refractivity contribution in [2.24, 2.45) is 5.92 Å². The van der Waals surface area contributed by atoms with Crippen LogP contribution in [-0.4, -0.2) is 50.8 Å². The summed E-state index contributed by atoms with van der Waals surface area (Å²) in [7, 11) is 4.29. The lowest BCUT2D eigenvalue weighted by Gasteiger charge is -2.32. The Bertz CT molecular complexity index is 181. The van der Waals surface area contributed by atoms with E-state index in [9.17, 15) is 0 Å². The summed E-state index contributed by atoms with van der Waals surface area (Å²) < 4.78 is 5.40. The van der Waals surface area contributed by atoms with Gasteiger partial charge in [-0.15, -0.1) is 0 Å². The Hall–Kier alpha value is -0.120. The van der Waals surface area contributed by atoms with Gasteiger partial charge < -0.3 is 15.0 Å². The van der Waals surface area contributed by atoms with Gasteiger partial charge in [0.2, 0.25) is 0 Å². The van der Waals surface area contributed by atoms with Crippen LogP contribution in [-0.2, 0) is 4.74 Å². The molecule has 3 nitrogen and oxygen atoms in total. The second-order valence-electron chi connectivity index (χ2n) is 5.27. The third-order valence-electron chi connectivity index (χ3n) is 3.83. The summed E-state index contributed by atoms with van der Waals surface area (Å²) in [6.07, 6.45) is 3.69. The third-order valence-corrected chi connectivity index (χ3v) is 3.83. The largest absolute Gasteiger partial charge is 0.381 e. The van der Waals surface area contributed by atoms with E-state index in [1.54, 1.807) is 0 Å². The smallest absolute Gasteiger partial charge is 0.0469 e. The second-order valence-corrected chi connectivity index (χ2v) is 5.27. The number of nitrogens with one attached hydrogen (secondary N) is 1. The van der Waals surface area contributed by atoms with E-state index < -0.39 is 0 Å². The molecule has 0 amide bonds. The van der Waals surface area contributed by atoms with Gasteiger partial charge in [0.25, 0.3) is 0 Å². The van der Waals surface area contributed by atoms with E-state index in [4.69, 9.17) is 4.74 Å². The molecular weight excluding hydrogens is 200 g/mol. The quantitative estimate of drug-likeness (QED) is 0.749. The summed E-state index contributed by atoms with van der Waals surface area (Å²) in [5.74, 6) is 0.839. The number of rotatable bonds is 6. The topological polar surface area (TPSA) is 24.5 Å².